The third kappa shape index (κ3) is 3.42. The molecule has 0 atom stereocenters. The SMILES string of the molecule is Cc1oc2c(NC(=O)c3c(Cl)cccc3Cl)cc(Cl)cc2c1C(C)(C)O. The van der Waals surface area contributed by atoms with Gasteiger partial charge in [-0.15, -0.1) is 0 Å². The summed E-state index contributed by atoms with van der Waals surface area (Å²) in [7, 11) is 0. The fraction of sp³-hybridized carbons (Fsp3) is 0.211. The number of furan rings is 1. The van der Waals surface area contributed by atoms with Crippen molar-refractivity contribution in [3.63, 3.8) is 0 Å². The van der Waals surface area contributed by atoms with E-state index in [4.69, 9.17) is 39.2 Å². The van der Waals surface area contributed by atoms with Gasteiger partial charge in [-0.2, -0.15) is 0 Å². The summed E-state index contributed by atoms with van der Waals surface area (Å²) >= 11 is 18.4. The zero-order valence-electron chi connectivity index (χ0n) is 14.3. The van der Waals surface area contributed by atoms with E-state index < -0.39 is 11.5 Å². The number of halogens is 3. The second-order valence-electron chi connectivity index (χ2n) is 6.47. The molecule has 0 saturated carbocycles. The van der Waals surface area contributed by atoms with Crippen LogP contribution in [0.15, 0.2) is 34.7 Å². The smallest absolute Gasteiger partial charge is 0.258 e. The first-order valence-electron chi connectivity index (χ1n) is 7.80. The lowest BCUT2D eigenvalue weighted by atomic mass is 9.95. The van der Waals surface area contributed by atoms with Gasteiger partial charge in [-0.3, -0.25) is 4.79 Å². The van der Waals surface area contributed by atoms with Crippen LogP contribution in [-0.4, -0.2) is 11.0 Å². The molecule has 0 saturated heterocycles. The second kappa shape index (κ2) is 6.78. The topological polar surface area (TPSA) is 62.5 Å². The van der Waals surface area contributed by atoms with Crippen molar-refractivity contribution in [3.8, 4) is 0 Å². The Kier molecular flexibility index (Phi) is 4.97. The molecule has 2 N–H and O–H groups in total. The van der Waals surface area contributed by atoms with E-state index in [2.05, 4.69) is 5.32 Å². The van der Waals surface area contributed by atoms with E-state index in [1.54, 1.807) is 51.1 Å². The molecule has 0 radical (unpaired) electrons. The van der Waals surface area contributed by atoms with Crippen LogP contribution in [0.4, 0.5) is 5.69 Å². The van der Waals surface area contributed by atoms with Crippen molar-refractivity contribution in [3.05, 3.63) is 62.3 Å². The summed E-state index contributed by atoms with van der Waals surface area (Å²) in [6.45, 7) is 5.07. The molecule has 1 aromatic heterocycles. The van der Waals surface area contributed by atoms with Crippen molar-refractivity contribution in [1.82, 2.24) is 0 Å². The molecule has 0 aliphatic carbocycles. The van der Waals surface area contributed by atoms with Gasteiger partial charge in [0, 0.05) is 16.0 Å². The van der Waals surface area contributed by atoms with Crippen LogP contribution >= 0.6 is 34.8 Å². The molecule has 3 rings (SSSR count). The van der Waals surface area contributed by atoms with E-state index in [0.29, 0.717) is 33.0 Å². The highest BCUT2D eigenvalue weighted by atomic mass is 35.5. The van der Waals surface area contributed by atoms with E-state index >= 15 is 0 Å². The van der Waals surface area contributed by atoms with Crippen LogP contribution in [0.3, 0.4) is 0 Å². The average Bonchev–Trinajstić information content (AvgIpc) is 2.83. The van der Waals surface area contributed by atoms with Crippen molar-refractivity contribution < 1.29 is 14.3 Å². The first kappa shape index (κ1) is 19.1. The predicted octanol–water partition coefficient (Wildman–Crippen LogP) is 6.18. The molecule has 136 valence electrons. The Bertz CT molecular complexity index is 999. The van der Waals surface area contributed by atoms with Gasteiger partial charge in [-0.05, 0) is 45.0 Å². The summed E-state index contributed by atoms with van der Waals surface area (Å²) in [5.41, 5.74) is 0.428. The molecule has 0 bridgehead atoms. The van der Waals surface area contributed by atoms with E-state index in [9.17, 15) is 9.90 Å². The number of benzene rings is 2. The number of rotatable bonds is 3. The lowest BCUT2D eigenvalue weighted by molar-refractivity contribution is 0.0783. The number of carbonyl (C=O) groups is 1. The maximum Gasteiger partial charge on any atom is 0.258 e. The first-order chi connectivity index (χ1) is 12.1. The van der Waals surface area contributed by atoms with E-state index in [1.807, 2.05) is 0 Å². The zero-order valence-corrected chi connectivity index (χ0v) is 16.6. The van der Waals surface area contributed by atoms with Gasteiger partial charge in [-0.25, -0.2) is 0 Å². The fourth-order valence-corrected chi connectivity index (χ4v) is 3.82. The Morgan fingerprint density at radius 1 is 1.15 bits per heavy atom. The number of aliphatic hydroxyl groups is 1. The van der Waals surface area contributed by atoms with Gasteiger partial charge in [0.05, 0.1) is 26.9 Å². The van der Waals surface area contributed by atoms with Crippen LogP contribution < -0.4 is 5.32 Å². The number of carbonyl (C=O) groups excluding carboxylic acids is 1. The second-order valence-corrected chi connectivity index (χ2v) is 7.72. The number of aryl methyl sites for hydroxylation is 1. The number of hydrogen-bond donors (Lipinski definition) is 2. The minimum atomic E-state index is -1.13. The van der Waals surface area contributed by atoms with Crippen molar-refractivity contribution in [1.29, 1.82) is 0 Å². The largest absolute Gasteiger partial charge is 0.459 e. The fourth-order valence-electron chi connectivity index (χ4n) is 3.04. The van der Waals surface area contributed by atoms with E-state index in [0.717, 1.165) is 0 Å². The Balaban J connectivity index is 2.13. The van der Waals surface area contributed by atoms with Crippen molar-refractivity contribution in [2.24, 2.45) is 0 Å². The Hall–Kier alpha value is -1.72. The van der Waals surface area contributed by atoms with Gasteiger partial charge in [0.25, 0.3) is 5.91 Å². The summed E-state index contributed by atoms with van der Waals surface area (Å²) in [5.74, 6) is 0.0593. The minimum Gasteiger partial charge on any atom is -0.459 e. The summed E-state index contributed by atoms with van der Waals surface area (Å²) in [6, 6.07) is 8.09. The first-order valence-corrected chi connectivity index (χ1v) is 8.94. The van der Waals surface area contributed by atoms with Gasteiger partial charge in [0.1, 0.15) is 5.76 Å². The minimum absolute atomic E-state index is 0.162. The van der Waals surface area contributed by atoms with E-state index in [1.165, 1.54) is 0 Å². The highest BCUT2D eigenvalue weighted by Gasteiger charge is 2.27. The van der Waals surface area contributed by atoms with Gasteiger partial charge in [-0.1, -0.05) is 40.9 Å². The van der Waals surface area contributed by atoms with Crippen LogP contribution in [0.1, 0.15) is 35.5 Å². The molecular weight excluding hydrogens is 397 g/mol. The molecule has 0 fully saturated rings. The standard InChI is InChI=1S/C19H16Cl3NO3/c1-9-16(19(2,3)25)11-7-10(20)8-14(17(11)26-9)23-18(24)15-12(21)5-4-6-13(15)22/h4-8,25H,1-3H3,(H,23,24). The van der Waals surface area contributed by atoms with Crippen molar-refractivity contribution >= 4 is 57.4 Å². The normalized spacial score (nSPS) is 11.8. The van der Waals surface area contributed by atoms with E-state index in [-0.39, 0.29) is 15.6 Å². The van der Waals surface area contributed by atoms with Gasteiger partial charge >= 0.3 is 0 Å². The third-order valence-corrected chi connectivity index (χ3v) is 4.83. The van der Waals surface area contributed by atoms with Crippen molar-refractivity contribution in [2.75, 3.05) is 5.32 Å². The molecule has 1 amide bonds. The van der Waals surface area contributed by atoms with Gasteiger partial charge in [0.15, 0.2) is 5.58 Å². The maximum absolute atomic E-state index is 12.7. The lowest BCUT2D eigenvalue weighted by Gasteiger charge is -2.17. The number of amides is 1. The lowest BCUT2D eigenvalue weighted by Crippen LogP contribution is -2.16. The summed E-state index contributed by atoms with van der Waals surface area (Å²) in [5, 5.41) is 14.7. The molecule has 0 spiro atoms. The summed E-state index contributed by atoms with van der Waals surface area (Å²) in [6.07, 6.45) is 0. The maximum atomic E-state index is 12.7. The molecule has 26 heavy (non-hydrogen) atoms. The Labute approximate surface area is 165 Å². The molecule has 2 aromatic carbocycles. The molecule has 1 heterocycles. The molecule has 7 heteroatoms. The molecule has 3 aromatic rings. The number of fused-ring (bicyclic) bond motifs is 1. The summed E-state index contributed by atoms with van der Waals surface area (Å²) in [4.78, 5) is 12.7. The van der Waals surface area contributed by atoms with Gasteiger partial charge in [0.2, 0.25) is 0 Å². The Morgan fingerprint density at radius 3 is 2.35 bits per heavy atom. The van der Waals surface area contributed by atoms with Crippen molar-refractivity contribution in [2.45, 2.75) is 26.4 Å². The van der Waals surface area contributed by atoms with Crippen LogP contribution in [0.5, 0.6) is 0 Å². The highest BCUT2D eigenvalue weighted by molar-refractivity contribution is 6.40. The van der Waals surface area contributed by atoms with Crippen LogP contribution in [0, 0.1) is 6.92 Å². The third-order valence-electron chi connectivity index (χ3n) is 3.98. The Morgan fingerprint density at radius 2 is 1.77 bits per heavy atom. The monoisotopic (exact) mass is 411 g/mol. The zero-order chi connectivity index (χ0) is 19.2. The molecular formula is C19H16Cl3NO3. The molecule has 0 aliphatic rings. The van der Waals surface area contributed by atoms with Crippen LogP contribution in [0.2, 0.25) is 15.1 Å². The number of nitrogens with one attached hydrogen (secondary N) is 1. The molecule has 0 aliphatic heterocycles. The highest BCUT2D eigenvalue weighted by Crippen LogP contribution is 2.39. The average molecular weight is 413 g/mol. The number of anilines is 1. The molecule has 4 nitrogen and oxygen atoms in total. The van der Waals surface area contributed by atoms with Gasteiger partial charge < -0.3 is 14.8 Å². The quantitative estimate of drug-likeness (QED) is 0.540. The molecule has 0 unspecified atom stereocenters. The van der Waals surface area contributed by atoms with Crippen LogP contribution in [0.25, 0.3) is 11.0 Å². The predicted molar refractivity (Wildman–Crippen MR) is 106 cm³/mol. The summed E-state index contributed by atoms with van der Waals surface area (Å²) < 4.78 is 5.81. The van der Waals surface area contributed by atoms with Crippen LogP contribution in [-0.2, 0) is 5.60 Å². The number of hydrogen-bond acceptors (Lipinski definition) is 3.